The van der Waals surface area contributed by atoms with Crippen molar-refractivity contribution in [2.24, 2.45) is 0 Å². The Labute approximate surface area is 149 Å². The van der Waals surface area contributed by atoms with Crippen LogP contribution in [-0.2, 0) is 22.7 Å². The van der Waals surface area contributed by atoms with E-state index in [1.165, 1.54) is 36.4 Å². The molecule has 0 aliphatic carbocycles. The zero-order valence-corrected chi connectivity index (χ0v) is 14.4. The second-order valence-corrected chi connectivity index (χ2v) is 8.22. The highest BCUT2D eigenvalue weighted by molar-refractivity contribution is 7.91. The molecule has 3 aromatic rings. The summed E-state index contributed by atoms with van der Waals surface area (Å²) in [5.74, 6) is -1.70. The Balaban J connectivity index is 1.75. The highest BCUT2D eigenvalue weighted by atomic mass is 32.2. The van der Waals surface area contributed by atoms with Crippen molar-refractivity contribution >= 4 is 21.4 Å². The number of thiophene rings is 1. The molecule has 0 amide bonds. The molecular weight excluding hydrogens is 396 g/mol. The minimum atomic E-state index is -4.67. The molecule has 0 fully saturated rings. The normalized spacial score (nSPS) is 12.5. The largest absolute Gasteiger partial charge is 0.452 e. The molecular formula is C15H10F4N2O3S2. The Morgan fingerprint density at radius 3 is 2.42 bits per heavy atom. The third kappa shape index (κ3) is 4.11. The lowest BCUT2D eigenvalue weighted by Gasteiger charge is -2.04. The molecule has 3 rings (SSSR count). The lowest BCUT2D eigenvalue weighted by Crippen LogP contribution is -2.22. The molecule has 2 heterocycles. The first-order valence-corrected chi connectivity index (χ1v) is 9.33. The highest BCUT2D eigenvalue weighted by Crippen LogP contribution is 2.35. The Kier molecular flexibility index (Phi) is 4.86. The number of rotatable bonds is 5. The molecule has 0 aliphatic heterocycles. The van der Waals surface area contributed by atoms with Gasteiger partial charge in [0.2, 0.25) is 15.8 Å². The first kappa shape index (κ1) is 18.5. The number of aromatic nitrogens is 1. The molecule has 0 saturated heterocycles. The van der Waals surface area contributed by atoms with E-state index < -0.39 is 27.8 Å². The van der Waals surface area contributed by atoms with Crippen LogP contribution in [-0.4, -0.2) is 13.6 Å². The summed E-state index contributed by atoms with van der Waals surface area (Å²) in [6.07, 6.45) is -4.67. The second kappa shape index (κ2) is 6.82. The summed E-state index contributed by atoms with van der Waals surface area (Å²) in [7, 11) is -3.88. The van der Waals surface area contributed by atoms with Gasteiger partial charge in [0.1, 0.15) is 15.7 Å². The molecule has 1 N–H and O–H groups in total. The van der Waals surface area contributed by atoms with Crippen LogP contribution < -0.4 is 4.72 Å². The van der Waals surface area contributed by atoms with Gasteiger partial charge < -0.3 is 4.52 Å². The van der Waals surface area contributed by atoms with Crippen LogP contribution in [0.15, 0.2) is 51.2 Å². The van der Waals surface area contributed by atoms with E-state index in [4.69, 9.17) is 0 Å². The van der Waals surface area contributed by atoms with Crippen LogP contribution in [0.1, 0.15) is 11.3 Å². The van der Waals surface area contributed by atoms with Crippen LogP contribution in [0, 0.1) is 5.82 Å². The molecule has 0 saturated carbocycles. The maximum Gasteiger partial charge on any atom is 0.452 e. The number of sulfonamides is 1. The van der Waals surface area contributed by atoms with Gasteiger partial charge in [-0.1, -0.05) is 17.3 Å². The van der Waals surface area contributed by atoms with Crippen LogP contribution in [0.5, 0.6) is 0 Å². The van der Waals surface area contributed by atoms with Crippen molar-refractivity contribution in [1.82, 2.24) is 9.88 Å². The standard InChI is InChI=1S/C15H10F4N2O3S2/c16-10-3-1-9(2-4-10)8-20-26(22,23)14-6-5-12(25-14)11-7-13(24-21-11)15(17,18)19/h1-7,20H,8H2. The molecule has 1 aromatic carbocycles. The number of hydrogen-bond acceptors (Lipinski definition) is 5. The van der Waals surface area contributed by atoms with Gasteiger partial charge in [0.05, 0.1) is 4.88 Å². The van der Waals surface area contributed by atoms with Crippen molar-refractivity contribution in [3.63, 3.8) is 0 Å². The third-order valence-electron chi connectivity index (χ3n) is 3.27. The summed E-state index contributed by atoms with van der Waals surface area (Å²) in [5, 5.41) is 3.31. The third-order valence-corrected chi connectivity index (χ3v) is 6.27. The molecule has 0 atom stereocenters. The summed E-state index contributed by atoms with van der Waals surface area (Å²) in [6.45, 7) is -0.0575. The molecule has 11 heteroatoms. The van der Waals surface area contributed by atoms with Gasteiger partial charge in [-0.15, -0.1) is 11.3 Å². The van der Waals surface area contributed by atoms with Crippen LogP contribution in [0.2, 0.25) is 0 Å². The maximum absolute atomic E-state index is 12.8. The van der Waals surface area contributed by atoms with Crippen LogP contribution in [0.4, 0.5) is 17.6 Å². The molecule has 0 unspecified atom stereocenters. The number of nitrogens with one attached hydrogen (secondary N) is 1. The van der Waals surface area contributed by atoms with E-state index in [0.29, 0.717) is 11.6 Å². The fourth-order valence-corrected chi connectivity index (χ4v) is 4.30. The number of hydrogen-bond donors (Lipinski definition) is 1. The molecule has 138 valence electrons. The molecule has 0 bridgehead atoms. The average molecular weight is 406 g/mol. The van der Waals surface area contributed by atoms with E-state index in [1.54, 1.807) is 0 Å². The summed E-state index contributed by atoms with van der Waals surface area (Å²) in [6, 6.07) is 8.58. The summed E-state index contributed by atoms with van der Waals surface area (Å²) < 4.78 is 81.5. The zero-order chi connectivity index (χ0) is 18.9. The molecule has 0 radical (unpaired) electrons. The predicted octanol–water partition coefficient (Wildman–Crippen LogP) is 4.04. The fourth-order valence-electron chi connectivity index (χ4n) is 1.98. The Morgan fingerprint density at radius 2 is 1.81 bits per heavy atom. The molecule has 2 aromatic heterocycles. The van der Waals surface area contributed by atoms with Crippen molar-refractivity contribution in [3.8, 4) is 10.6 Å². The van der Waals surface area contributed by atoms with E-state index in [-0.39, 0.29) is 21.3 Å². The van der Waals surface area contributed by atoms with Gasteiger partial charge in [-0.3, -0.25) is 0 Å². The fraction of sp³-hybridized carbons (Fsp3) is 0.133. The highest BCUT2D eigenvalue weighted by Gasteiger charge is 2.36. The summed E-state index contributed by atoms with van der Waals surface area (Å²) in [5.41, 5.74) is 0.445. The minimum absolute atomic E-state index is 0.0575. The molecule has 5 nitrogen and oxygen atoms in total. The van der Waals surface area contributed by atoms with Crippen molar-refractivity contribution in [1.29, 1.82) is 0 Å². The van der Waals surface area contributed by atoms with E-state index in [9.17, 15) is 26.0 Å². The van der Waals surface area contributed by atoms with Gasteiger partial charge in [0.15, 0.2) is 0 Å². The van der Waals surface area contributed by atoms with Crippen LogP contribution >= 0.6 is 11.3 Å². The summed E-state index contributed by atoms with van der Waals surface area (Å²) in [4.78, 5) is 0.214. The van der Waals surface area contributed by atoms with Gasteiger partial charge in [0.25, 0.3) is 0 Å². The van der Waals surface area contributed by atoms with Gasteiger partial charge in [-0.2, -0.15) is 13.2 Å². The van der Waals surface area contributed by atoms with Gasteiger partial charge in [0, 0.05) is 12.6 Å². The van der Waals surface area contributed by atoms with E-state index in [1.807, 2.05) is 0 Å². The predicted molar refractivity (Wildman–Crippen MR) is 85.2 cm³/mol. The van der Waals surface area contributed by atoms with Gasteiger partial charge in [-0.25, -0.2) is 17.5 Å². The first-order valence-electron chi connectivity index (χ1n) is 7.03. The van der Waals surface area contributed by atoms with E-state index in [2.05, 4.69) is 14.4 Å². The lowest BCUT2D eigenvalue weighted by molar-refractivity contribution is -0.155. The number of benzene rings is 1. The Hall–Kier alpha value is -2.24. The van der Waals surface area contributed by atoms with Gasteiger partial charge in [-0.05, 0) is 29.8 Å². The quantitative estimate of drug-likeness (QED) is 0.649. The monoisotopic (exact) mass is 406 g/mol. The van der Waals surface area contributed by atoms with E-state index in [0.717, 1.165) is 11.3 Å². The first-order chi connectivity index (χ1) is 12.1. The average Bonchev–Trinajstić information content (AvgIpc) is 3.23. The molecule has 0 aliphatic rings. The van der Waals surface area contributed by atoms with E-state index >= 15 is 0 Å². The molecule has 0 spiro atoms. The Bertz CT molecular complexity index is 1010. The number of alkyl halides is 3. The molecule has 26 heavy (non-hydrogen) atoms. The van der Waals surface area contributed by atoms with Crippen molar-refractivity contribution in [2.75, 3.05) is 0 Å². The van der Waals surface area contributed by atoms with Gasteiger partial charge >= 0.3 is 6.18 Å². The number of halogens is 4. The SMILES string of the molecule is O=S(=O)(NCc1ccc(F)cc1)c1ccc(-c2cc(C(F)(F)F)on2)s1. The number of nitrogens with zero attached hydrogens (tertiary/aromatic N) is 1. The van der Waals surface area contributed by atoms with Crippen LogP contribution in [0.25, 0.3) is 10.6 Å². The summed E-state index contributed by atoms with van der Waals surface area (Å²) >= 11 is 0.754. The lowest BCUT2D eigenvalue weighted by atomic mass is 10.2. The van der Waals surface area contributed by atoms with Crippen molar-refractivity contribution in [3.05, 3.63) is 59.6 Å². The minimum Gasteiger partial charge on any atom is -0.351 e. The second-order valence-electron chi connectivity index (χ2n) is 5.14. The van der Waals surface area contributed by atoms with Crippen molar-refractivity contribution in [2.45, 2.75) is 16.9 Å². The van der Waals surface area contributed by atoms with Crippen LogP contribution in [0.3, 0.4) is 0 Å². The Morgan fingerprint density at radius 1 is 1.12 bits per heavy atom. The maximum atomic E-state index is 12.8. The van der Waals surface area contributed by atoms with Crippen molar-refractivity contribution < 1.29 is 30.5 Å². The topological polar surface area (TPSA) is 72.2 Å². The zero-order valence-electron chi connectivity index (χ0n) is 12.7. The smallest absolute Gasteiger partial charge is 0.351 e.